The molecule has 1 atom stereocenters. The molecule has 0 bridgehead atoms. The first-order valence-electron chi connectivity index (χ1n) is 12.8. The van der Waals surface area contributed by atoms with Gasteiger partial charge >= 0.3 is 5.97 Å². The highest BCUT2D eigenvalue weighted by Crippen LogP contribution is 2.32. The van der Waals surface area contributed by atoms with E-state index >= 15 is 0 Å². The number of ether oxygens (including phenoxy) is 1. The van der Waals surface area contributed by atoms with Gasteiger partial charge in [-0.25, -0.2) is 0 Å². The first-order valence-corrected chi connectivity index (χ1v) is 12.8. The van der Waals surface area contributed by atoms with Crippen molar-refractivity contribution in [1.29, 1.82) is 0 Å². The minimum atomic E-state index is -0.117. The number of aromatic nitrogens is 2. The van der Waals surface area contributed by atoms with E-state index in [1.807, 2.05) is 37.4 Å². The van der Waals surface area contributed by atoms with Crippen LogP contribution in [0.15, 0.2) is 60.8 Å². The number of esters is 1. The minimum absolute atomic E-state index is 0.0162. The predicted molar refractivity (Wildman–Crippen MR) is 142 cm³/mol. The van der Waals surface area contributed by atoms with Gasteiger partial charge in [-0.15, -0.1) is 0 Å². The summed E-state index contributed by atoms with van der Waals surface area (Å²) in [4.78, 5) is 30.2. The molecular weight excluding hydrogens is 450 g/mol. The van der Waals surface area contributed by atoms with Gasteiger partial charge in [0.1, 0.15) is 0 Å². The molecule has 2 heterocycles. The molecule has 1 saturated carbocycles. The lowest BCUT2D eigenvalue weighted by Crippen LogP contribution is -2.40. The van der Waals surface area contributed by atoms with E-state index in [0.29, 0.717) is 18.0 Å². The second kappa shape index (κ2) is 10.1. The quantitative estimate of drug-likeness (QED) is 0.360. The van der Waals surface area contributed by atoms with Crippen LogP contribution in [0.4, 0.5) is 0 Å². The smallest absolute Gasteiger partial charge is 0.308 e. The van der Waals surface area contributed by atoms with E-state index in [1.165, 1.54) is 7.11 Å². The summed E-state index contributed by atoms with van der Waals surface area (Å²) in [6.45, 7) is 4.69. The molecule has 1 unspecified atom stereocenters. The van der Waals surface area contributed by atoms with Crippen LogP contribution in [0.5, 0.6) is 0 Å². The molecule has 6 nitrogen and oxygen atoms in total. The fraction of sp³-hybridized carbons (Fsp3) is 0.367. The lowest BCUT2D eigenvalue weighted by Gasteiger charge is -2.31. The van der Waals surface area contributed by atoms with Crippen molar-refractivity contribution in [3.63, 3.8) is 0 Å². The largest absolute Gasteiger partial charge is 0.469 e. The SMILES string of the molecule is COC(=O)[C@H]1CC[C@H](C(C)NC(=O)c2cc(C)cc3ccn(Cc4ccc5ccccc5n4)c23)CC1. The van der Waals surface area contributed by atoms with Crippen molar-refractivity contribution in [3.8, 4) is 0 Å². The second-order valence-corrected chi connectivity index (χ2v) is 10.1. The van der Waals surface area contributed by atoms with Gasteiger partial charge in [0.15, 0.2) is 0 Å². The van der Waals surface area contributed by atoms with Crippen LogP contribution in [-0.4, -0.2) is 34.6 Å². The molecule has 186 valence electrons. The van der Waals surface area contributed by atoms with Crippen LogP contribution >= 0.6 is 0 Å². The van der Waals surface area contributed by atoms with E-state index in [2.05, 4.69) is 47.1 Å². The Morgan fingerprint density at radius 2 is 1.83 bits per heavy atom. The van der Waals surface area contributed by atoms with E-state index in [9.17, 15) is 9.59 Å². The van der Waals surface area contributed by atoms with E-state index in [-0.39, 0.29) is 23.8 Å². The Kier molecular flexibility index (Phi) is 6.77. The number of carbonyl (C=O) groups is 2. The van der Waals surface area contributed by atoms with Crippen molar-refractivity contribution in [3.05, 3.63) is 77.6 Å². The predicted octanol–water partition coefficient (Wildman–Crippen LogP) is 5.64. The summed E-state index contributed by atoms with van der Waals surface area (Å²) in [6.07, 6.45) is 5.49. The zero-order valence-corrected chi connectivity index (χ0v) is 21.2. The maximum absolute atomic E-state index is 13.5. The van der Waals surface area contributed by atoms with Gasteiger partial charge in [-0.1, -0.05) is 24.3 Å². The van der Waals surface area contributed by atoms with E-state index in [1.54, 1.807) is 0 Å². The average Bonchev–Trinajstić information content (AvgIpc) is 3.29. The van der Waals surface area contributed by atoms with Gasteiger partial charge in [0.25, 0.3) is 5.91 Å². The molecule has 0 saturated heterocycles. The molecular formula is C30H33N3O3. The van der Waals surface area contributed by atoms with Crippen LogP contribution in [0.1, 0.15) is 54.2 Å². The van der Waals surface area contributed by atoms with Gasteiger partial charge in [-0.2, -0.15) is 0 Å². The number of nitrogens with one attached hydrogen (secondary N) is 1. The number of fused-ring (bicyclic) bond motifs is 2. The number of hydrogen-bond acceptors (Lipinski definition) is 4. The van der Waals surface area contributed by atoms with Crippen LogP contribution in [0, 0.1) is 18.8 Å². The number of para-hydroxylation sites is 1. The van der Waals surface area contributed by atoms with Crippen LogP contribution in [0.3, 0.4) is 0 Å². The first-order chi connectivity index (χ1) is 17.4. The molecule has 0 spiro atoms. The van der Waals surface area contributed by atoms with E-state index in [0.717, 1.165) is 58.7 Å². The lowest BCUT2D eigenvalue weighted by atomic mass is 9.79. The molecule has 36 heavy (non-hydrogen) atoms. The standard InChI is InChI=1S/C30H33N3O3/c1-19-16-24-14-15-33(18-25-13-12-22-6-4-5-7-27(22)32-25)28(24)26(17-19)29(34)31-20(2)21-8-10-23(11-9-21)30(35)36-3/h4-7,12-17,20-21,23H,8-11,18H2,1-3H3,(H,31,34)/t20?,21-,23-. The van der Waals surface area contributed by atoms with Gasteiger partial charge < -0.3 is 14.6 Å². The van der Waals surface area contributed by atoms with Crippen molar-refractivity contribution >= 4 is 33.7 Å². The first kappa shape index (κ1) is 24.0. The van der Waals surface area contributed by atoms with Crippen molar-refractivity contribution in [2.24, 2.45) is 11.8 Å². The molecule has 1 N–H and O–H groups in total. The molecule has 6 heteroatoms. The number of carbonyl (C=O) groups excluding carboxylic acids is 2. The third kappa shape index (κ3) is 4.85. The lowest BCUT2D eigenvalue weighted by molar-refractivity contribution is -0.146. The highest BCUT2D eigenvalue weighted by Gasteiger charge is 2.30. The van der Waals surface area contributed by atoms with Crippen molar-refractivity contribution in [2.45, 2.75) is 52.1 Å². The molecule has 1 fully saturated rings. The Morgan fingerprint density at radius 3 is 2.61 bits per heavy atom. The topological polar surface area (TPSA) is 73.2 Å². The normalized spacial score (nSPS) is 18.8. The number of pyridine rings is 1. The summed E-state index contributed by atoms with van der Waals surface area (Å²) >= 11 is 0. The summed E-state index contributed by atoms with van der Waals surface area (Å²) in [7, 11) is 1.45. The Morgan fingerprint density at radius 1 is 1.06 bits per heavy atom. The number of hydrogen-bond donors (Lipinski definition) is 1. The average molecular weight is 484 g/mol. The van der Waals surface area contributed by atoms with Gasteiger partial charge in [-0.05, 0) is 81.3 Å². The molecule has 2 aromatic carbocycles. The minimum Gasteiger partial charge on any atom is -0.469 e. The number of nitrogens with zero attached hydrogens (tertiary/aromatic N) is 2. The van der Waals surface area contributed by atoms with E-state index < -0.39 is 0 Å². The molecule has 5 rings (SSSR count). The Labute approximate surface area is 211 Å². The van der Waals surface area contributed by atoms with Crippen molar-refractivity contribution < 1.29 is 14.3 Å². The number of benzene rings is 2. The van der Waals surface area contributed by atoms with Gasteiger partial charge in [-0.3, -0.25) is 14.6 Å². The van der Waals surface area contributed by atoms with Crippen LogP contribution in [-0.2, 0) is 16.1 Å². The molecule has 2 aromatic heterocycles. The summed E-state index contributed by atoms with van der Waals surface area (Å²) in [5.74, 6) is 0.160. The highest BCUT2D eigenvalue weighted by atomic mass is 16.5. The summed E-state index contributed by atoms with van der Waals surface area (Å²) in [5, 5.41) is 5.43. The highest BCUT2D eigenvalue weighted by molar-refractivity contribution is 6.06. The zero-order chi connectivity index (χ0) is 25.2. The molecule has 0 aliphatic heterocycles. The van der Waals surface area contributed by atoms with Crippen molar-refractivity contribution in [1.82, 2.24) is 14.9 Å². The summed E-state index contributed by atoms with van der Waals surface area (Å²) in [5.41, 5.74) is 4.59. The fourth-order valence-corrected chi connectivity index (χ4v) is 5.60. The zero-order valence-electron chi connectivity index (χ0n) is 21.2. The van der Waals surface area contributed by atoms with Crippen LogP contribution < -0.4 is 5.32 Å². The van der Waals surface area contributed by atoms with E-state index in [4.69, 9.17) is 9.72 Å². The third-order valence-corrected chi connectivity index (χ3v) is 7.61. The van der Waals surface area contributed by atoms with Gasteiger partial charge in [0.2, 0.25) is 0 Å². The molecule has 1 aliphatic rings. The monoisotopic (exact) mass is 483 g/mol. The maximum Gasteiger partial charge on any atom is 0.308 e. The molecule has 1 amide bonds. The second-order valence-electron chi connectivity index (χ2n) is 10.1. The Bertz CT molecular complexity index is 1420. The number of rotatable bonds is 6. The summed E-state index contributed by atoms with van der Waals surface area (Å²) < 4.78 is 7.03. The number of amides is 1. The third-order valence-electron chi connectivity index (χ3n) is 7.61. The molecule has 1 aliphatic carbocycles. The number of methoxy groups -OCH3 is 1. The molecule has 0 radical (unpaired) electrons. The van der Waals surface area contributed by atoms with Gasteiger partial charge in [0.05, 0.1) is 41.9 Å². The molecule has 4 aromatic rings. The Hall–Kier alpha value is -3.67. The van der Waals surface area contributed by atoms with Gasteiger partial charge in [0, 0.05) is 23.0 Å². The van der Waals surface area contributed by atoms with Crippen molar-refractivity contribution in [2.75, 3.05) is 7.11 Å². The van der Waals surface area contributed by atoms with Crippen LogP contribution in [0.25, 0.3) is 21.8 Å². The Balaban J connectivity index is 1.36. The van der Waals surface area contributed by atoms with Crippen LogP contribution in [0.2, 0.25) is 0 Å². The number of aryl methyl sites for hydroxylation is 1. The maximum atomic E-state index is 13.5. The summed E-state index contributed by atoms with van der Waals surface area (Å²) in [6, 6.07) is 18.4. The fourth-order valence-electron chi connectivity index (χ4n) is 5.60.